The number of anilines is 3. The van der Waals surface area contributed by atoms with Crippen LogP contribution in [-0.4, -0.2) is 0 Å². The molecule has 0 atom stereocenters. The summed E-state index contributed by atoms with van der Waals surface area (Å²) in [5.41, 5.74) is 7.91. The molecule has 0 radical (unpaired) electrons. The van der Waals surface area contributed by atoms with Gasteiger partial charge in [-0.15, -0.1) is 0 Å². The molecule has 0 fully saturated rings. The van der Waals surface area contributed by atoms with Gasteiger partial charge in [0.2, 0.25) is 0 Å². The average Bonchev–Trinajstić information content (AvgIpc) is 2.28. The normalized spacial score (nSPS) is 10.3. The van der Waals surface area contributed by atoms with Crippen LogP contribution in [0.3, 0.4) is 0 Å². The molecule has 0 heterocycles. The zero-order valence-corrected chi connectivity index (χ0v) is 9.30. The van der Waals surface area contributed by atoms with Gasteiger partial charge in [0.1, 0.15) is 0 Å². The van der Waals surface area contributed by atoms with Crippen LogP contribution in [0, 0.1) is 18.6 Å². The second kappa shape index (κ2) is 4.41. The first-order valence-electron chi connectivity index (χ1n) is 5.15. The molecule has 2 rings (SSSR count). The maximum Gasteiger partial charge on any atom is 0.182 e. The third-order valence-electron chi connectivity index (χ3n) is 2.43. The predicted octanol–water partition coefficient (Wildman–Crippen LogP) is 3.60. The maximum absolute atomic E-state index is 13.4. The van der Waals surface area contributed by atoms with Gasteiger partial charge in [0.25, 0.3) is 0 Å². The van der Waals surface area contributed by atoms with Crippen molar-refractivity contribution in [2.75, 3.05) is 11.1 Å². The van der Waals surface area contributed by atoms with Crippen LogP contribution < -0.4 is 11.1 Å². The van der Waals surface area contributed by atoms with Crippen LogP contribution >= 0.6 is 0 Å². The van der Waals surface area contributed by atoms with Crippen LogP contribution in [-0.2, 0) is 0 Å². The second-order valence-corrected chi connectivity index (χ2v) is 3.82. The quantitative estimate of drug-likeness (QED) is 0.779. The highest BCUT2D eigenvalue weighted by atomic mass is 19.2. The van der Waals surface area contributed by atoms with E-state index in [1.807, 2.05) is 13.0 Å². The number of nitrogen functional groups attached to an aromatic ring is 1. The molecule has 0 aliphatic heterocycles. The Morgan fingerprint density at radius 2 is 1.82 bits per heavy atom. The van der Waals surface area contributed by atoms with Gasteiger partial charge < -0.3 is 11.1 Å². The molecule has 2 aromatic carbocycles. The lowest BCUT2D eigenvalue weighted by Gasteiger charge is -2.10. The summed E-state index contributed by atoms with van der Waals surface area (Å²) in [5, 5.41) is 2.77. The van der Waals surface area contributed by atoms with Crippen molar-refractivity contribution in [2.45, 2.75) is 6.92 Å². The summed E-state index contributed by atoms with van der Waals surface area (Å²) in [6, 6.07) is 9.30. The van der Waals surface area contributed by atoms with Gasteiger partial charge >= 0.3 is 0 Å². The van der Waals surface area contributed by atoms with Gasteiger partial charge in [-0.3, -0.25) is 0 Å². The standard InChI is InChI=1S/C13H12F2N2/c1-8-5-6-11(10(16)7-8)17-12-4-2-3-9(14)13(12)15/h2-7,17H,16H2,1H3. The Kier molecular flexibility index (Phi) is 2.95. The van der Waals surface area contributed by atoms with Gasteiger partial charge in [-0.1, -0.05) is 12.1 Å². The Bertz CT molecular complexity index is 553. The first-order valence-corrected chi connectivity index (χ1v) is 5.15. The van der Waals surface area contributed by atoms with Crippen molar-refractivity contribution in [3.63, 3.8) is 0 Å². The molecule has 0 saturated heterocycles. The smallest absolute Gasteiger partial charge is 0.182 e. The average molecular weight is 234 g/mol. The van der Waals surface area contributed by atoms with Gasteiger partial charge in [-0.2, -0.15) is 0 Å². The SMILES string of the molecule is Cc1ccc(Nc2cccc(F)c2F)c(N)c1. The van der Waals surface area contributed by atoms with E-state index in [4.69, 9.17) is 5.73 Å². The molecule has 17 heavy (non-hydrogen) atoms. The minimum absolute atomic E-state index is 0.0700. The third kappa shape index (κ3) is 2.36. The topological polar surface area (TPSA) is 38.0 Å². The molecule has 0 aliphatic carbocycles. The van der Waals surface area contributed by atoms with E-state index in [-0.39, 0.29) is 5.69 Å². The molecule has 4 heteroatoms. The molecule has 2 aromatic rings. The van der Waals surface area contributed by atoms with Crippen molar-refractivity contribution in [2.24, 2.45) is 0 Å². The van der Waals surface area contributed by atoms with Crippen LogP contribution in [0.5, 0.6) is 0 Å². The van der Waals surface area contributed by atoms with Crippen molar-refractivity contribution in [3.8, 4) is 0 Å². The predicted molar refractivity (Wildman–Crippen MR) is 65.2 cm³/mol. The van der Waals surface area contributed by atoms with Gasteiger partial charge in [0.15, 0.2) is 11.6 Å². The highest BCUT2D eigenvalue weighted by molar-refractivity contribution is 5.73. The molecule has 0 bridgehead atoms. The molecule has 0 saturated carbocycles. The van der Waals surface area contributed by atoms with E-state index in [2.05, 4.69) is 5.32 Å². The minimum Gasteiger partial charge on any atom is -0.397 e. The molecule has 0 unspecified atom stereocenters. The first-order chi connectivity index (χ1) is 8.08. The molecular formula is C13H12F2N2. The summed E-state index contributed by atoms with van der Waals surface area (Å²) < 4.78 is 26.4. The fraction of sp³-hybridized carbons (Fsp3) is 0.0769. The van der Waals surface area contributed by atoms with Gasteiger partial charge in [-0.25, -0.2) is 8.78 Å². The highest BCUT2D eigenvalue weighted by Gasteiger charge is 2.08. The van der Waals surface area contributed by atoms with Crippen molar-refractivity contribution in [1.82, 2.24) is 0 Å². The molecule has 3 N–H and O–H groups in total. The van der Waals surface area contributed by atoms with Crippen molar-refractivity contribution >= 4 is 17.1 Å². The lowest BCUT2D eigenvalue weighted by atomic mass is 10.2. The Hall–Kier alpha value is -2.10. The van der Waals surface area contributed by atoms with Crippen LogP contribution in [0.25, 0.3) is 0 Å². The van der Waals surface area contributed by atoms with Crippen LogP contribution in [0.4, 0.5) is 25.8 Å². The Morgan fingerprint density at radius 3 is 2.53 bits per heavy atom. The Labute approximate surface area is 98.1 Å². The summed E-state index contributed by atoms with van der Waals surface area (Å²) in [7, 11) is 0. The van der Waals surface area contributed by atoms with Crippen molar-refractivity contribution in [3.05, 3.63) is 53.6 Å². The maximum atomic E-state index is 13.4. The zero-order valence-electron chi connectivity index (χ0n) is 9.30. The van der Waals surface area contributed by atoms with E-state index in [9.17, 15) is 8.78 Å². The number of halogens is 2. The van der Waals surface area contributed by atoms with E-state index in [1.54, 1.807) is 12.1 Å². The summed E-state index contributed by atoms with van der Waals surface area (Å²) in [6.45, 7) is 1.91. The zero-order chi connectivity index (χ0) is 12.4. The lowest BCUT2D eigenvalue weighted by Crippen LogP contribution is -1.99. The molecule has 88 valence electrons. The first kappa shape index (κ1) is 11.4. The highest BCUT2D eigenvalue weighted by Crippen LogP contribution is 2.26. The largest absolute Gasteiger partial charge is 0.397 e. The number of hydrogen-bond donors (Lipinski definition) is 2. The molecule has 2 nitrogen and oxygen atoms in total. The number of aryl methyl sites for hydroxylation is 1. The number of nitrogens with two attached hydrogens (primary N) is 1. The van der Waals surface area contributed by atoms with E-state index < -0.39 is 11.6 Å². The van der Waals surface area contributed by atoms with E-state index in [1.165, 1.54) is 12.1 Å². The van der Waals surface area contributed by atoms with E-state index in [0.717, 1.165) is 11.6 Å². The van der Waals surface area contributed by atoms with Crippen LogP contribution in [0.2, 0.25) is 0 Å². The fourth-order valence-electron chi connectivity index (χ4n) is 1.54. The summed E-state index contributed by atoms with van der Waals surface area (Å²) >= 11 is 0. The molecular weight excluding hydrogens is 222 g/mol. The molecule has 0 spiro atoms. The van der Waals surface area contributed by atoms with Crippen molar-refractivity contribution in [1.29, 1.82) is 0 Å². The van der Waals surface area contributed by atoms with Crippen LogP contribution in [0.15, 0.2) is 36.4 Å². The number of hydrogen-bond acceptors (Lipinski definition) is 2. The molecule has 0 aliphatic rings. The van der Waals surface area contributed by atoms with E-state index >= 15 is 0 Å². The molecule has 0 amide bonds. The van der Waals surface area contributed by atoms with Gasteiger partial charge in [0.05, 0.1) is 17.1 Å². The Morgan fingerprint density at radius 1 is 1.06 bits per heavy atom. The minimum atomic E-state index is -0.910. The summed E-state index contributed by atoms with van der Waals surface area (Å²) in [4.78, 5) is 0. The van der Waals surface area contributed by atoms with Crippen LogP contribution in [0.1, 0.15) is 5.56 Å². The number of nitrogens with one attached hydrogen (secondary N) is 1. The third-order valence-corrected chi connectivity index (χ3v) is 2.43. The van der Waals surface area contributed by atoms with E-state index in [0.29, 0.717) is 11.4 Å². The summed E-state index contributed by atoms with van der Waals surface area (Å²) in [6.07, 6.45) is 0. The van der Waals surface area contributed by atoms with Crippen molar-refractivity contribution < 1.29 is 8.78 Å². The summed E-state index contributed by atoms with van der Waals surface area (Å²) in [5.74, 6) is -1.80. The second-order valence-electron chi connectivity index (χ2n) is 3.82. The van der Waals surface area contributed by atoms with Gasteiger partial charge in [0, 0.05) is 0 Å². The number of benzene rings is 2. The molecule has 0 aromatic heterocycles. The monoisotopic (exact) mass is 234 g/mol. The Balaban J connectivity index is 2.35. The fourth-order valence-corrected chi connectivity index (χ4v) is 1.54. The lowest BCUT2D eigenvalue weighted by molar-refractivity contribution is 0.512. The number of rotatable bonds is 2. The van der Waals surface area contributed by atoms with Gasteiger partial charge in [-0.05, 0) is 36.8 Å².